The Morgan fingerprint density at radius 3 is 2.43 bits per heavy atom. The number of hydrogen-bond donors (Lipinski definition) is 0. The van der Waals surface area contributed by atoms with Gasteiger partial charge in [0.15, 0.2) is 5.54 Å². The Morgan fingerprint density at radius 1 is 1.21 bits per heavy atom. The lowest BCUT2D eigenvalue weighted by molar-refractivity contribution is -0.166. The van der Waals surface area contributed by atoms with E-state index in [2.05, 4.69) is 0 Å². The second-order valence-electron chi connectivity index (χ2n) is 8.80. The highest BCUT2D eigenvalue weighted by Gasteiger charge is 2.71. The highest BCUT2D eigenvalue weighted by Crippen LogP contribution is 2.51. The fourth-order valence-electron chi connectivity index (χ4n) is 4.05. The molecule has 152 valence electrons. The molecule has 3 rings (SSSR count). The van der Waals surface area contributed by atoms with Crippen molar-refractivity contribution in [2.75, 3.05) is 13.7 Å². The Labute approximate surface area is 164 Å². The molecule has 0 radical (unpaired) electrons. The number of carbonyl (C=O) groups is 3. The average molecular weight is 389 g/mol. The van der Waals surface area contributed by atoms with E-state index in [9.17, 15) is 14.4 Å². The molecule has 7 heteroatoms. The second-order valence-corrected chi connectivity index (χ2v) is 8.80. The van der Waals surface area contributed by atoms with Crippen molar-refractivity contribution in [1.82, 2.24) is 4.90 Å². The number of amides is 1. The van der Waals surface area contributed by atoms with E-state index >= 15 is 0 Å². The molecule has 2 fully saturated rings. The Bertz CT molecular complexity index is 786. The van der Waals surface area contributed by atoms with Gasteiger partial charge in [0, 0.05) is 11.8 Å². The smallest absolute Gasteiger partial charge is 0.334 e. The maximum Gasteiger partial charge on any atom is 0.334 e. The summed E-state index contributed by atoms with van der Waals surface area (Å²) in [5.74, 6) is -1.69. The third kappa shape index (κ3) is 3.07. The minimum absolute atomic E-state index is 0.00505. The lowest BCUT2D eigenvalue weighted by Gasteiger charge is -2.36. The molecule has 0 saturated carbocycles. The van der Waals surface area contributed by atoms with Gasteiger partial charge in [-0.2, -0.15) is 0 Å². The van der Waals surface area contributed by atoms with Gasteiger partial charge < -0.3 is 14.2 Å². The largest absolute Gasteiger partial charge is 0.467 e. The first-order chi connectivity index (χ1) is 13.1. The number of esters is 2. The van der Waals surface area contributed by atoms with E-state index in [1.165, 1.54) is 18.9 Å². The highest BCUT2D eigenvalue weighted by atomic mass is 16.6. The molecule has 2 heterocycles. The molecule has 2 aliphatic heterocycles. The molecule has 2 saturated heterocycles. The normalized spacial score (nSPS) is 29.5. The van der Waals surface area contributed by atoms with Gasteiger partial charge in [-0.15, -0.1) is 0 Å². The van der Waals surface area contributed by atoms with E-state index in [1.54, 1.807) is 0 Å². The van der Waals surface area contributed by atoms with E-state index in [-0.39, 0.29) is 19.6 Å². The second kappa shape index (κ2) is 6.88. The van der Waals surface area contributed by atoms with Gasteiger partial charge in [0.05, 0.1) is 13.7 Å². The maximum atomic E-state index is 13.4. The van der Waals surface area contributed by atoms with Crippen LogP contribution in [0.4, 0.5) is 0 Å². The molecular formula is C21H27NO6. The SMILES string of the molecule is COC(=O)C12CO[C@@H](C(C)(C)C)N1C(=O)[C@](C)(C(=O)OCc1ccccc1)C2. The van der Waals surface area contributed by atoms with Crippen LogP contribution in [-0.2, 0) is 35.2 Å². The van der Waals surface area contributed by atoms with Crippen molar-refractivity contribution < 1.29 is 28.6 Å². The Morgan fingerprint density at radius 2 is 1.86 bits per heavy atom. The first kappa shape index (κ1) is 20.3. The molecule has 1 unspecified atom stereocenters. The lowest BCUT2D eigenvalue weighted by atomic mass is 9.82. The van der Waals surface area contributed by atoms with Crippen LogP contribution in [-0.4, -0.2) is 48.2 Å². The predicted molar refractivity (Wildman–Crippen MR) is 99.8 cm³/mol. The zero-order valence-electron chi connectivity index (χ0n) is 17.0. The monoisotopic (exact) mass is 389 g/mol. The molecule has 0 N–H and O–H groups in total. The molecule has 7 nitrogen and oxygen atoms in total. The van der Waals surface area contributed by atoms with Gasteiger partial charge >= 0.3 is 11.9 Å². The van der Waals surface area contributed by atoms with Crippen LogP contribution in [0.25, 0.3) is 0 Å². The molecule has 2 aliphatic rings. The summed E-state index contributed by atoms with van der Waals surface area (Å²) in [6.07, 6.45) is -0.672. The summed E-state index contributed by atoms with van der Waals surface area (Å²) >= 11 is 0. The fourth-order valence-corrected chi connectivity index (χ4v) is 4.05. The van der Waals surface area contributed by atoms with Gasteiger partial charge in [-0.3, -0.25) is 14.5 Å². The van der Waals surface area contributed by atoms with Crippen molar-refractivity contribution in [3.8, 4) is 0 Å². The standard InChI is InChI=1S/C21H27NO6/c1-19(2,3)16-22-15(23)20(4,12-21(22,13-28-16)18(25)26-5)17(24)27-11-14-9-7-6-8-10-14/h6-10,16H,11-13H2,1-5H3/t16-,20+,21?/m0/s1. The van der Waals surface area contributed by atoms with Crippen molar-refractivity contribution in [3.05, 3.63) is 35.9 Å². The van der Waals surface area contributed by atoms with E-state index in [0.29, 0.717) is 0 Å². The molecule has 1 amide bonds. The van der Waals surface area contributed by atoms with Crippen molar-refractivity contribution in [1.29, 1.82) is 0 Å². The van der Waals surface area contributed by atoms with Crippen molar-refractivity contribution in [2.24, 2.45) is 10.8 Å². The third-order valence-corrected chi connectivity index (χ3v) is 5.48. The van der Waals surface area contributed by atoms with E-state index in [1.807, 2.05) is 51.1 Å². The summed E-state index contributed by atoms with van der Waals surface area (Å²) in [4.78, 5) is 40.4. The fraction of sp³-hybridized carbons (Fsp3) is 0.571. The Kier molecular flexibility index (Phi) is 5.00. The average Bonchev–Trinajstić information content (AvgIpc) is 3.15. The molecule has 3 atom stereocenters. The van der Waals surface area contributed by atoms with Gasteiger partial charge in [0.1, 0.15) is 18.2 Å². The van der Waals surface area contributed by atoms with Crippen LogP contribution in [0.1, 0.15) is 39.7 Å². The zero-order chi connectivity index (χ0) is 20.7. The minimum Gasteiger partial charge on any atom is -0.467 e. The van der Waals surface area contributed by atoms with Crippen LogP contribution < -0.4 is 0 Å². The first-order valence-electron chi connectivity index (χ1n) is 9.31. The molecular weight excluding hydrogens is 362 g/mol. The molecule has 0 aliphatic carbocycles. The Hall–Kier alpha value is -2.41. The molecule has 0 spiro atoms. The van der Waals surface area contributed by atoms with Crippen molar-refractivity contribution in [2.45, 2.75) is 52.5 Å². The number of benzene rings is 1. The minimum atomic E-state index is -1.48. The molecule has 0 aromatic heterocycles. The molecule has 0 bridgehead atoms. The van der Waals surface area contributed by atoms with Gasteiger partial charge in [0.25, 0.3) is 0 Å². The summed E-state index contributed by atoms with van der Waals surface area (Å²) in [7, 11) is 1.27. The van der Waals surface area contributed by atoms with E-state index in [0.717, 1.165) is 5.56 Å². The topological polar surface area (TPSA) is 82.1 Å². The number of hydrogen-bond acceptors (Lipinski definition) is 6. The van der Waals surface area contributed by atoms with Crippen LogP contribution in [0.2, 0.25) is 0 Å². The summed E-state index contributed by atoms with van der Waals surface area (Å²) in [6, 6.07) is 9.24. The summed E-state index contributed by atoms with van der Waals surface area (Å²) < 4.78 is 16.3. The number of ether oxygens (including phenoxy) is 3. The first-order valence-corrected chi connectivity index (χ1v) is 9.31. The van der Waals surface area contributed by atoms with Crippen molar-refractivity contribution >= 4 is 17.8 Å². The number of fused-ring (bicyclic) bond motifs is 1. The lowest BCUT2D eigenvalue weighted by Crippen LogP contribution is -2.55. The van der Waals surface area contributed by atoms with Crippen LogP contribution in [0, 0.1) is 10.8 Å². The quantitative estimate of drug-likeness (QED) is 0.580. The molecule has 1 aromatic rings. The van der Waals surface area contributed by atoms with Crippen LogP contribution >= 0.6 is 0 Å². The number of nitrogens with zero attached hydrogens (tertiary/aromatic N) is 1. The zero-order valence-corrected chi connectivity index (χ0v) is 17.0. The maximum absolute atomic E-state index is 13.4. The summed E-state index contributed by atoms with van der Waals surface area (Å²) in [5.41, 5.74) is -2.41. The summed E-state index contributed by atoms with van der Waals surface area (Å²) in [6.45, 7) is 7.35. The number of rotatable bonds is 4. The van der Waals surface area contributed by atoms with Crippen molar-refractivity contribution in [3.63, 3.8) is 0 Å². The van der Waals surface area contributed by atoms with Crippen LogP contribution in [0.3, 0.4) is 0 Å². The van der Waals surface area contributed by atoms with Crippen LogP contribution in [0.5, 0.6) is 0 Å². The predicted octanol–water partition coefficient (Wildman–Crippen LogP) is 2.28. The Balaban J connectivity index is 1.89. The summed E-state index contributed by atoms with van der Waals surface area (Å²) in [5, 5.41) is 0. The van der Waals surface area contributed by atoms with E-state index < -0.39 is 40.4 Å². The van der Waals surface area contributed by atoms with Gasteiger partial charge in [0.2, 0.25) is 5.91 Å². The molecule has 1 aromatic carbocycles. The number of methoxy groups -OCH3 is 1. The third-order valence-electron chi connectivity index (χ3n) is 5.48. The highest BCUT2D eigenvalue weighted by molar-refractivity contribution is 6.08. The van der Waals surface area contributed by atoms with Crippen LogP contribution in [0.15, 0.2) is 30.3 Å². The van der Waals surface area contributed by atoms with Gasteiger partial charge in [-0.1, -0.05) is 51.1 Å². The van der Waals surface area contributed by atoms with Gasteiger partial charge in [-0.25, -0.2) is 4.79 Å². The molecule has 28 heavy (non-hydrogen) atoms. The van der Waals surface area contributed by atoms with Gasteiger partial charge in [-0.05, 0) is 12.5 Å². The number of carbonyl (C=O) groups excluding carboxylic acids is 3. The van der Waals surface area contributed by atoms with E-state index in [4.69, 9.17) is 14.2 Å².